The smallest absolute Gasteiger partial charge is 0.228 e. The van der Waals surface area contributed by atoms with Crippen LogP contribution in [0, 0.1) is 5.92 Å². The lowest BCUT2D eigenvalue weighted by Gasteiger charge is -2.08. The third-order valence-corrected chi connectivity index (χ3v) is 3.69. The predicted octanol–water partition coefficient (Wildman–Crippen LogP) is 1.36. The largest absolute Gasteiger partial charge is 0.326 e. The Morgan fingerprint density at radius 3 is 3.06 bits per heavy atom. The van der Waals surface area contributed by atoms with Crippen LogP contribution in [0.2, 0.25) is 0 Å². The number of carbonyl (C=O) groups excluding carboxylic acids is 2. The zero-order valence-corrected chi connectivity index (χ0v) is 10.2. The molecule has 2 aliphatic heterocycles. The van der Waals surface area contributed by atoms with E-state index in [0.717, 1.165) is 36.3 Å². The van der Waals surface area contributed by atoms with Crippen LogP contribution in [0.25, 0.3) is 0 Å². The van der Waals surface area contributed by atoms with Gasteiger partial charge in [0.05, 0.1) is 6.42 Å². The Kier molecular flexibility index (Phi) is 2.88. The summed E-state index contributed by atoms with van der Waals surface area (Å²) >= 11 is 0. The van der Waals surface area contributed by atoms with Gasteiger partial charge in [0.15, 0.2) is 5.78 Å². The van der Waals surface area contributed by atoms with E-state index in [2.05, 4.69) is 10.6 Å². The normalized spacial score (nSPS) is 21.8. The minimum Gasteiger partial charge on any atom is -0.326 e. The van der Waals surface area contributed by atoms with Gasteiger partial charge in [0, 0.05) is 17.7 Å². The molecule has 1 aromatic carbocycles. The van der Waals surface area contributed by atoms with E-state index >= 15 is 0 Å². The number of amides is 1. The van der Waals surface area contributed by atoms with Crippen molar-refractivity contribution in [1.82, 2.24) is 5.32 Å². The Morgan fingerprint density at radius 1 is 1.39 bits per heavy atom. The maximum absolute atomic E-state index is 12.1. The lowest BCUT2D eigenvalue weighted by atomic mass is 9.96. The van der Waals surface area contributed by atoms with Gasteiger partial charge in [-0.15, -0.1) is 0 Å². The van der Waals surface area contributed by atoms with Crippen LogP contribution in [0.3, 0.4) is 0 Å². The Bertz CT molecular complexity index is 505. The number of ketones is 1. The summed E-state index contributed by atoms with van der Waals surface area (Å²) in [6, 6.07) is 5.51. The van der Waals surface area contributed by atoms with E-state index in [4.69, 9.17) is 0 Å². The molecule has 1 saturated heterocycles. The average molecular weight is 244 g/mol. The van der Waals surface area contributed by atoms with Crippen LogP contribution < -0.4 is 10.6 Å². The van der Waals surface area contributed by atoms with Crippen LogP contribution in [0.5, 0.6) is 0 Å². The van der Waals surface area contributed by atoms with Crippen molar-refractivity contribution in [2.24, 2.45) is 5.92 Å². The second-order valence-electron chi connectivity index (χ2n) is 5.08. The molecule has 3 rings (SSSR count). The second kappa shape index (κ2) is 4.53. The number of fused-ring (bicyclic) bond motifs is 1. The summed E-state index contributed by atoms with van der Waals surface area (Å²) in [5.41, 5.74) is 2.52. The molecule has 1 amide bonds. The molecule has 0 spiro atoms. The summed E-state index contributed by atoms with van der Waals surface area (Å²) in [6.45, 7) is 1.96. The first-order valence-corrected chi connectivity index (χ1v) is 6.39. The Labute approximate surface area is 106 Å². The van der Waals surface area contributed by atoms with Crippen molar-refractivity contribution < 1.29 is 9.59 Å². The summed E-state index contributed by atoms with van der Waals surface area (Å²) < 4.78 is 0. The molecule has 0 radical (unpaired) electrons. The molecule has 94 valence electrons. The summed E-state index contributed by atoms with van der Waals surface area (Å²) in [4.78, 5) is 23.4. The van der Waals surface area contributed by atoms with Gasteiger partial charge in [0.2, 0.25) is 5.91 Å². The fraction of sp³-hybridized carbons (Fsp3) is 0.429. The minimum absolute atomic E-state index is 0.00888. The van der Waals surface area contributed by atoms with E-state index in [1.807, 2.05) is 18.2 Å². The van der Waals surface area contributed by atoms with Crippen molar-refractivity contribution in [2.45, 2.75) is 19.3 Å². The highest BCUT2D eigenvalue weighted by Crippen LogP contribution is 2.25. The number of hydrogen-bond donors (Lipinski definition) is 2. The monoisotopic (exact) mass is 244 g/mol. The SMILES string of the molecule is O=C1Cc2cc(C(=O)CC3CCNC3)ccc2N1. The Hall–Kier alpha value is -1.68. The zero-order valence-electron chi connectivity index (χ0n) is 10.2. The summed E-state index contributed by atoms with van der Waals surface area (Å²) in [5.74, 6) is 0.658. The molecule has 18 heavy (non-hydrogen) atoms. The lowest BCUT2D eigenvalue weighted by molar-refractivity contribution is -0.115. The van der Waals surface area contributed by atoms with E-state index < -0.39 is 0 Å². The number of Topliss-reactive ketones (excluding diaryl/α,β-unsaturated/α-hetero) is 1. The van der Waals surface area contributed by atoms with Gasteiger partial charge in [-0.2, -0.15) is 0 Å². The molecule has 4 heteroatoms. The molecule has 2 aliphatic rings. The van der Waals surface area contributed by atoms with E-state index in [9.17, 15) is 9.59 Å². The molecular formula is C14H16N2O2. The van der Waals surface area contributed by atoms with Gasteiger partial charge in [0.25, 0.3) is 0 Å². The topological polar surface area (TPSA) is 58.2 Å². The molecule has 0 aromatic heterocycles. The molecule has 0 saturated carbocycles. The minimum atomic E-state index is 0.00888. The third-order valence-electron chi connectivity index (χ3n) is 3.69. The second-order valence-corrected chi connectivity index (χ2v) is 5.08. The highest BCUT2D eigenvalue weighted by Gasteiger charge is 2.22. The molecule has 1 unspecified atom stereocenters. The highest BCUT2D eigenvalue weighted by atomic mass is 16.1. The van der Waals surface area contributed by atoms with Crippen molar-refractivity contribution >= 4 is 17.4 Å². The first-order chi connectivity index (χ1) is 8.72. The average Bonchev–Trinajstić information content (AvgIpc) is 2.95. The van der Waals surface area contributed by atoms with Gasteiger partial charge in [-0.05, 0) is 49.2 Å². The lowest BCUT2D eigenvalue weighted by Crippen LogP contribution is -2.13. The first-order valence-electron chi connectivity index (χ1n) is 6.39. The molecule has 1 fully saturated rings. The maximum atomic E-state index is 12.1. The molecule has 2 N–H and O–H groups in total. The number of nitrogens with one attached hydrogen (secondary N) is 2. The maximum Gasteiger partial charge on any atom is 0.228 e. The van der Waals surface area contributed by atoms with Crippen LogP contribution >= 0.6 is 0 Å². The number of carbonyl (C=O) groups is 2. The van der Waals surface area contributed by atoms with Crippen LogP contribution in [-0.2, 0) is 11.2 Å². The van der Waals surface area contributed by atoms with Crippen LogP contribution in [0.15, 0.2) is 18.2 Å². The number of hydrogen-bond acceptors (Lipinski definition) is 3. The standard InChI is InChI=1S/C14H16N2O2/c17-13(5-9-3-4-15-8-9)10-1-2-12-11(6-10)7-14(18)16-12/h1-2,6,9,15H,3-5,7-8H2,(H,16,18). The molecule has 4 nitrogen and oxygen atoms in total. The van der Waals surface area contributed by atoms with Crippen molar-refractivity contribution in [3.8, 4) is 0 Å². The molecule has 0 aliphatic carbocycles. The van der Waals surface area contributed by atoms with Gasteiger partial charge in [-0.3, -0.25) is 9.59 Å². The molecule has 0 bridgehead atoms. The Morgan fingerprint density at radius 2 is 2.28 bits per heavy atom. The zero-order chi connectivity index (χ0) is 12.5. The molecule has 2 heterocycles. The van der Waals surface area contributed by atoms with E-state index in [0.29, 0.717) is 18.8 Å². The molecule has 1 aromatic rings. The summed E-state index contributed by atoms with van der Waals surface area (Å²) in [5, 5.41) is 6.05. The fourth-order valence-electron chi connectivity index (χ4n) is 2.67. The van der Waals surface area contributed by atoms with E-state index in [-0.39, 0.29) is 11.7 Å². The van der Waals surface area contributed by atoms with Crippen LogP contribution in [0.4, 0.5) is 5.69 Å². The van der Waals surface area contributed by atoms with Gasteiger partial charge in [-0.25, -0.2) is 0 Å². The predicted molar refractivity (Wildman–Crippen MR) is 68.7 cm³/mol. The van der Waals surface area contributed by atoms with E-state index in [1.54, 1.807) is 0 Å². The van der Waals surface area contributed by atoms with Crippen molar-refractivity contribution in [3.05, 3.63) is 29.3 Å². The number of anilines is 1. The molecular weight excluding hydrogens is 228 g/mol. The number of benzene rings is 1. The van der Waals surface area contributed by atoms with E-state index in [1.165, 1.54) is 0 Å². The van der Waals surface area contributed by atoms with Crippen molar-refractivity contribution in [3.63, 3.8) is 0 Å². The quantitative estimate of drug-likeness (QED) is 0.789. The first kappa shape index (κ1) is 11.4. The fourth-order valence-corrected chi connectivity index (χ4v) is 2.67. The van der Waals surface area contributed by atoms with Gasteiger partial charge in [0.1, 0.15) is 0 Å². The third kappa shape index (κ3) is 2.16. The van der Waals surface area contributed by atoms with Crippen LogP contribution in [0.1, 0.15) is 28.8 Å². The van der Waals surface area contributed by atoms with Crippen molar-refractivity contribution in [1.29, 1.82) is 0 Å². The number of rotatable bonds is 3. The summed E-state index contributed by atoms with van der Waals surface area (Å²) in [6.07, 6.45) is 2.07. The van der Waals surface area contributed by atoms with Gasteiger partial charge < -0.3 is 10.6 Å². The van der Waals surface area contributed by atoms with Crippen LogP contribution in [-0.4, -0.2) is 24.8 Å². The highest BCUT2D eigenvalue weighted by molar-refractivity contribution is 6.02. The Balaban J connectivity index is 1.74. The molecule has 1 atom stereocenters. The van der Waals surface area contributed by atoms with Gasteiger partial charge in [-0.1, -0.05) is 0 Å². The van der Waals surface area contributed by atoms with Crippen molar-refractivity contribution in [2.75, 3.05) is 18.4 Å². The van der Waals surface area contributed by atoms with Gasteiger partial charge >= 0.3 is 0 Å². The summed E-state index contributed by atoms with van der Waals surface area (Å²) in [7, 11) is 0.